The maximum atomic E-state index is 5.91. The molecule has 82 valence electrons. The average Bonchev–Trinajstić information content (AvgIpc) is 2.20. The molecule has 0 aliphatic heterocycles. The molecule has 0 aliphatic carbocycles. The van der Waals surface area contributed by atoms with Crippen LogP contribution in [-0.4, -0.2) is 9.97 Å². The van der Waals surface area contributed by atoms with Gasteiger partial charge in [0.1, 0.15) is 5.15 Å². The van der Waals surface area contributed by atoms with E-state index >= 15 is 0 Å². The Morgan fingerprint density at radius 1 is 1.12 bits per heavy atom. The Labute approximate surface area is 108 Å². The Hall–Kier alpha value is -0.930. The van der Waals surface area contributed by atoms with Gasteiger partial charge in [-0.3, -0.25) is 0 Å². The lowest BCUT2D eigenvalue weighted by molar-refractivity contribution is 1.11. The minimum absolute atomic E-state index is 0.475. The number of hydrogen-bond acceptors (Lipinski definition) is 2. The topological polar surface area (TPSA) is 25.8 Å². The Bertz CT molecular complexity index is 520. The molecule has 2 nitrogen and oxygen atoms in total. The molecule has 2 rings (SSSR count). The highest BCUT2D eigenvalue weighted by atomic mass is 79.9. The maximum absolute atomic E-state index is 5.91. The number of hydrogen-bond donors (Lipinski definition) is 0. The summed E-state index contributed by atoms with van der Waals surface area (Å²) in [6.45, 7) is 3.94. The Morgan fingerprint density at radius 3 is 2.50 bits per heavy atom. The van der Waals surface area contributed by atoms with Gasteiger partial charge in [0.2, 0.25) is 0 Å². The molecule has 4 heteroatoms. The van der Waals surface area contributed by atoms with Crippen molar-refractivity contribution in [3.63, 3.8) is 0 Å². The van der Waals surface area contributed by atoms with Crippen molar-refractivity contribution in [1.29, 1.82) is 0 Å². The monoisotopic (exact) mass is 296 g/mol. The first-order valence-electron chi connectivity index (χ1n) is 4.84. The van der Waals surface area contributed by atoms with E-state index in [-0.39, 0.29) is 0 Å². The number of nitrogens with zero attached hydrogens (tertiary/aromatic N) is 2. The van der Waals surface area contributed by atoms with Crippen molar-refractivity contribution >= 4 is 27.5 Å². The lowest BCUT2D eigenvalue weighted by Gasteiger charge is -2.04. The van der Waals surface area contributed by atoms with Gasteiger partial charge in [-0.15, -0.1) is 0 Å². The first-order chi connectivity index (χ1) is 7.56. The minimum Gasteiger partial charge on any atom is -0.233 e. The van der Waals surface area contributed by atoms with Crippen LogP contribution in [0.5, 0.6) is 0 Å². The number of rotatable bonds is 1. The van der Waals surface area contributed by atoms with E-state index in [4.69, 9.17) is 11.6 Å². The maximum Gasteiger partial charge on any atom is 0.161 e. The summed E-state index contributed by atoms with van der Waals surface area (Å²) in [6, 6.07) is 7.75. The van der Waals surface area contributed by atoms with Crippen molar-refractivity contribution in [2.24, 2.45) is 0 Å². The van der Waals surface area contributed by atoms with E-state index < -0.39 is 0 Å². The van der Waals surface area contributed by atoms with Gasteiger partial charge in [0, 0.05) is 15.7 Å². The summed E-state index contributed by atoms with van der Waals surface area (Å²) in [7, 11) is 0. The number of halogens is 2. The van der Waals surface area contributed by atoms with Gasteiger partial charge in [0.15, 0.2) is 5.82 Å². The van der Waals surface area contributed by atoms with E-state index in [9.17, 15) is 0 Å². The van der Waals surface area contributed by atoms with E-state index in [1.807, 2.05) is 32.0 Å². The van der Waals surface area contributed by atoms with Gasteiger partial charge in [-0.25, -0.2) is 9.97 Å². The second-order valence-corrected chi connectivity index (χ2v) is 4.86. The third-order valence-corrected chi connectivity index (χ3v) is 3.32. The van der Waals surface area contributed by atoms with Gasteiger partial charge in [-0.2, -0.15) is 0 Å². The molecule has 0 fully saturated rings. The SMILES string of the molecule is Cc1cc(Cl)nc(-c2ccc(Br)c(C)c2)n1. The molecule has 1 aromatic heterocycles. The molecule has 0 atom stereocenters. The molecule has 0 saturated heterocycles. The fourth-order valence-corrected chi connectivity index (χ4v) is 1.93. The molecule has 0 amide bonds. The molecule has 0 radical (unpaired) electrons. The van der Waals surface area contributed by atoms with Gasteiger partial charge in [0.25, 0.3) is 0 Å². The van der Waals surface area contributed by atoms with E-state index in [1.54, 1.807) is 6.07 Å². The predicted octanol–water partition coefficient (Wildman–Crippen LogP) is 4.18. The lowest BCUT2D eigenvalue weighted by Crippen LogP contribution is -1.92. The smallest absolute Gasteiger partial charge is 0.161 e. The second kappa shape index (κ2) is 4.52. The highest BCUT2D eigenvalue weighted by molar-refractivity contribution is 9.10. The van der Waals surface area contributed by atoms with Gasteiger partial charge < -0.3 is 0 Å². The van der Waals surface area contributed by atoms with Crippen molar-refractivity contribution in [3.8, 4) is 11.4 Å². The van der Waals surface area contributed by atoms with Gasteiger partial charge in [0.05, 0.1) is 0 Å². The molecular weight excluding hydrogens is 288 g/mol. The van der Waals surface area contributed by atoms with Gasteiger partial charge in [-0.05, 0) is 37.6 Å². The molecule has 1 heterocycles. The molecule has 2 aromatic rings. The molecule has 1 aromatic carbocycles. The van der Waals surface area contributed by atoms with Crippen molar-refractivity contribution in [3.05, 3.63) is 45.1 Å². The van der Waals surface area contributed by atoms with Crippen LogP contribution >= 0.6 is 27.5 Å². The highest BCUT2D eigenvalue weighted by Gasteiger charge is 2.05. The summed E-state index contributed by atoms with van der Waals surface area (Å²) >= 11 is 9.37. The van der Waals surface area contributed by atoms with Crippen molar-refractivity contribution in [2.75, 3.05) is 0 Å². The van der Waals surface area contributed by atoms with Crippen molar-refractivity contribution in [2.45, 2.75) is 13.8 Å². The largest absolute Gasteiger partial charge is 0.233 e. The molecule has 16 heavy (non-hydrogen) atoms. The molecule has 0 N–H and O–H groups in total. The average molecular weight is 298 g/mol. The van der Waals surface area contributed by atoms with Crippen LogP contribution in [0, 0.1) is 13.8 Å². The third kappa shape index (κ3) is 2.42. The fraction of sp³-hybridized carbons (Fsp3) is 0.167. The van der Waals surface area contributed by atoms with E-state index in [1.165, 1.54) is 0 Å². The standard InChI is InChI=1S/C12H10BrClN2/c1-7-5-9(3-4-10(7)13)12-15-8(2)6-11(14)16-12/h3-6H,1-2H3. The summed E-state index contributed by atoms with van der Waals surface area (Å²) in [5.41, 5.74) is 3.00. The Kier molecular flexibility index (Phi) is 3.26. The lowest BCUT2D eigenvalue weighted by atomic mass is 10.1. The van der Waals surface area contributed by atoms with Crippen LogP contribution in [0.25, 0.3) is 11.4 Å². The van der Waals surface area contributed by atoms with E-state index in [0.29, 0.717) is 11.0 Å². The van der Waals surface area contributed by atoms with Gasteiger partial charge in [-0.1, -0.05) is 33.6 Å². The van der Waals surface area contributed by atoms with Crippen LogP contribution in [0.1, 0.15) is 11.3 Å². The molecule has 0 unspecified atom stereocenters. The number of aryl methyl sites for hydroxylation is 2. The second-order valence-electron chi connectivity index (χ2n) is 3.62. The Morgan fingerprint density at radius 2 is 1.88 bits per heavy atom. The van der Waals surface area contributed by atoms with Crippen LogP contribution in [0.2, 0.25) is 5.15 Å². The van der Waals surface area contributed by atoms with E-state index in [0.717, 1.165) is 21.3 Å². The molecule has 0 bridgehead atoms. The quantitative estimate of drug-likeness (QED) is 0.738. The van der Waals surface area contributed by atoms with Crippen LogP contribution < -0.4 is 0 Å². The summed E-state index contributed by atoms with van der Waals surface area (Å²) in [4.78, 5) is 8.58. The summed E-state index contributed by atoms with van der Waals surface area (Å²) < 4.78 is 1.08. The van der Waals surface area contributed by atoms with Crippen LogP contribution in [0.3, 0.4) is 0 Å². The number of benzene rings is 1. The van der Waals surface area contributed by atoms with Crippen LogP contribution in [0.15, 0.2) is 28.7 Å². The summed E-state index contributed by atoms with van der Waals surface area (Å²) in [5, 5.41) is 0.475. The Balaban J connectivity index is 2.54. The summed E-state index contributed by atoms with van der Waals surface area (Å²) in [5.74, 6) is 0.667. The third-order valence-electron chi connectivity index (χ3n) is 2.24. The minimum atomic E-state index is 0.475. The predicted molar refractivity (Wildman–Crippen MR) is 69.7 cm³/mol. The molecule has 0 aliphatic rings. The molecule has 0 saturated carbocycles. The zero-order valence-electron chi connectivity index (χ0n) is 8.96. The highest BCUT2D eigenvalue weighted by Crippen LogP contribution is 2.23. The summed E-state index contributed by atoms with van der Waals surface area (Å²) in [6.07, 6.45) is 0. The van der Waals surface area contributed by atoms with Crippen molar-refractivity contribution < 1.29 is 0 Å². The first kappa shape index (κ1) is 11.6. The van der Waals surface area contributed by atoms with Crippen molar-refractivity contribution in [1.82, 2.24) is 9.97 Å². The first-order valence-corrected chi connectivity index (χ1v) is 6.01. The zero-order chi connectivity index (χ0) is 11.7. The molecular formula is C12H10BrClN2. The van der Waals surface area contributed by atoms with Crippen LogP contribution in [0.4, 0.5) is 0 Å². The molecule has 0 spiro atoms. The normalized spacial score (nSPS) is 10.5. The van der Waals surface area contributed by atoms with Gasteiger partial charge >= 0.3 is 0 Å². The number of aromatic nitrogens is 2. The van der Waals surface area contributed by atoms with E-state index in [2.05, 4.69) is 25.9 Å². The zero-order valence-corrected chi connectivity index (χ0v) is 11.3. The fourth-order valence-electron chi connectivity index (χ4n) is 1.44. The van der Waals surface area contributed by atoms with Crippen LogP contribution in [-0.2, 0) is 0 Å².